The minimum absolute atomic E-state index is 0.0122. The van der Waals surface area contributed by atoms with Crippen LogP contribution < -0.4 is 66.3 Å². The molecule has 0 spiro atoms. The molecule has 0 bridgehead atoms. The molecule has 3 aromatic rings. The Morgan fingerprint density at radius 1 is 0.747 bits per heavy atom. The Bertz CT molecular complexity index is 2550. The molecule has 2 aromatic carbocycles. The van der Waals surface area contributed by atoms with Gasteiger partial charge in [-0.1, -0.05) is 36.4 Å². The third-order valence-electron chi connectivity index (χ3n) is 12.6. The number of nitrogens with one attached hydrogen (secondary N) is 7. The fourth-order valence-electron chi connectivity index (χ4n) is 8.68. The number of guanidine groups is 2. The van der Waals surface area contributed by atoms with E-state index in [4.69, 9.17) is 34.4 Å². The predicted octanol–water partition coefficient (Wildman–Crippen LogP) is -1.68. The number of amides is 7. The minimum Gasteiger partial charge on any atom is -0.370 e. The van der Waals surface area contributed by atoms with Crippen LogP contribution in [-0.4, -0.2) is 126 Å². The second-order valence-corrected chi connectivity index (χ2v) is 18.5. The molecular weight excluding hydrogens is 974 g/mol. The number of carbonyl (C=O) groups is 9. The molecule has 25 heteroatoms. The number of rotatable bonds is 18. The lowest BCUT2D eigenvalue weighted by molar-refractivity contribution is -0.135. The SMILES string of the molecule is CC(=O)N[C@@H](CCCN=C(N)N)C(=O)N[C@H]1CCC(=O)NCCC[C@@H](C(N)=O)NC(=O)[C@H](Cc2c[nH]c3ccccc23)CC(=O)[C@H](CCCN=C(N)N)CC(=O)[C@@H](Cc2ccccc2F)NC(=O)[C@H](CCN)NC1=O. The van der Waals surface area contributed by atoms with Gasteiger partial charge in [0.25, 0.3) is 0 Å². The molecule has 0 aliphatic carbocycles. The maximum Gasteiger partial charge on any atom is 0.243 e. The van der Waals surface area contributed by atoms with Crippen molar-refractivity contribution in [2.24, 2.45) is 56.2 Å². The van der Waals surface area contributed by atoms with Crippen LogP contribution in [0.5, 0.6) is 0 Å². The molecule has 7 amide bonds. The summed E-state index contributed by atoms with van der Waals surface area (Å²) in [6.45, 7) is 1.20. The van der Waals surface area contributed by atoms with Crippen molar-refractivity contribution in [1.29, 1.82) is 0 Å². The van der Waals surface area contributed by atoms with E-state index in [1.807, 2.05) is 24.3 Å². The van der Waals surface area contributed by atoms with Crippen molar-refractivity contribution in [3.8, 4) is 0 Å². The number of H-pyrrole nitrogens is 1. The van der Waals surface area contributed by atoms with Gasteiger partial charge in [0.2, 0.25) is 41.4 Å². The smallest absolute Gasteiger partial charge is 0.243 e. The summed E-state index contributed by atoms with van der Waals surface area (Å²) in [7, 11) is 0. The second kappa shape index (κ2) is 30.3. The molecule has 1 aliphatic rings. The number of primary amides is 1. The molecule has 1 aromatic heterocycles. The number of hydrogen-bond acceptors (Lipinski definition) is 12. The standard InChI is InChI=1S/C50H72FN15O9/c1-28(67)62-37(15-8-22-60-50(56)57)46(73)64-38-16-17-43(70)58-20-7-14-36(44(53)71)63-45(72)31(23-32-27-61-35-13-5-3-11-33(32)35)26-41(68)30(10-6-21-59-49(54)55)25-42(69)40(24-29-9-2-4-12-34(29)51)66-48(75)39(18-19-52)65-47(38)74/h2-5,9,11-13,27,30-31,36-40,61H,6-8,10,14-26,52H2,1H3,(H2,53,71)(H,58,70)(H,62,67)(H,63,72)(H,64,73)(H,65,74)(H,66,75)(H4,54,55,59)(H4,56,57,60)/t30-,31-,36+,37+,38+,39+,40-/m1/s1. The highest BCUT2D eigenvalue weighted by Gasteiger charge is 2.35. The Hall–Kier alpha value is -7.96. The second-order valence-electron chi connectivity index (χ2n) is 18.5. The van der Waals surface area contributed by atoms with Gasteiger partial charge < -0.3 is 71.3 Å². The number of carbonyl (C=O) groups excluding carboxylic acids is 9. The minimum atomic E-state index is -1.50. The van der Waals surface area contributed by atoms with Crippen molar-refractivity contribution < 1.29 is 47.5 Å². The first-order chi connectivity index (χ1) is 35.8. The number of aromatic nitrogens is 1. The Kier molecular flexibility index (Phi) is 24.1. The highest BCUT2D eigenvalue weighted by Crippen LogP contribution is 2.26. The summed E-state index contributed by atoms with van der Waals surface area (Å²) in [6, 6.07) is 6.01. The largest absolute Gasteiger partial charge is 0.370 e. The van der Waals surface area contributed by atoms with E-state index in [9.17, 15) is 43.2 Å². The van der Waals surface area contributed by atoms with Crippen LogP contribution in [0, 0.1) is 17.7 Å². The Morgan fingerprint density at radius 2 is 1.41 bits per heavy atom. The summed E-state index contributed by atoms with van der Waals surface area (Å²) >= 11 is 0. The maximum absolute atomic E-state index is 15.3. The summed E-state index contributed by atoms with van der Waals surface area (Å²) in [5, 5.41) is 16.5. The van der Waals surface area contributed by atoms with E-state index in [0.29, 0.717) is 5.56 Å². The lowest BCUT2D eigenvalue weighted by atomic mass is 9.83. The number of aromatic amines is 1. The van der Waals surface area contributed by atoms with E-state index < -0.39 is 120 Å². The summed E-state index contributed by atoms with van der Waals surface area (Å²) in [5.41, 5.74) is 35.2. The van der Waals surface area contributed by atoms with Gasteiger partial charge in [0.1, 0.15) is 35.8 Å². The zero-order valence-electron chi connectivity index (χ0n) is 42.2. The number of halogens is 1. The number of Topliss-reactive ketones (excluding diaryl/α,β-unsaturated/α-hetero) is 2. The molecule has 408 valence electrons. The number of ketones is 2. The lowest BCUT2D eigenvalue weighted by Gasteiger charge is -2.27. The van der Waals surface area contributed by atoms with Gasteiger partial charge in [0.15, 0.2) is 17.7 Å². The van der Waals surface area contributed by atoms with Crippen LogP contribution in [0.3, 0.4) is 0 Å². The van der Waals surface area contributed by atoms with Crippen molar-refractivity contribution in [3.63, 3.8) is 0 Å². The van der Waals surface area contributed by atoms with Gasteiger partial charge in [-0.2, -0.15) is 0 Å². The predicted molar refractivity (Wildman–Crippen MR) is 278 cm³/mol. The third kappa shape index (κ3) is 20.1. The van der Waals surface area contributed by atoms with Crippen LogP contribution in [0.2, 0.25) is 0 Å². The highest BCUT2D eigenvalue weighted by molar-refractivity contribution is 5.98. The van der Waals surface area contributed by atoms with Gasteiger partial charge in [-0.15, -0.1) is 0 Å². The average Bonchev–Trinajstić information content (AvgIpc) is 3.77. The number of nitrogens with zero attached hydrogens (tertiary/aromatic N) is 2. The number of hydrogen-bond donors (Lipinski definition) is 13. The summed E-state index contributed by atoms with van der Waals surface area (Å²) in [5.74, 6) is -9.87. The van der Waals surface area contributed by atoms with Gasteiger partial charge >= 0.3 is 0 Å². The van der Waals surface area contributed by atoms with E-state index in [1.54, 1.807) is 6.20 Å². The van der Waals surface area contributed by atoms with Gasteiger partial charge in [-0.25, -0.2) is 4.39 Å². The summed E-state index contributed by atoms with van der Waals surface area (Å²) < 4.78 is 15.3. The third-order valence-corrected chi connectivity index (χ3v) is 12.6. The van der Waals surface area contributed by atoms with E-state index in [1.165, 1.54) is 31.2 Å². The van der Waals surface area contributed by atoms with Crippen molar-refractivity contribution in [2.45, 2.75) is 121 Å². The fourth-order valence-corrected chi connectivity index (χ4v) is 8.68. The topological polar surface area (TPSA) is 422 Å². The molecule has 0 saturated carbocycles. The zero-order chi connectivity index (χ0) is 55.0. The van der Waals surface area contributed by atoms with Gasteiger partial charge in [0.05, 0.1) is 6.04 Å². The van der Waals surface area contributed by atoms with E-state index in [0.717, 1.165) is 10.9 Å². The Labute approximate surface area is 433 Å². The molecule has 24 nitrogen and oxygen atoms in total. The molecule has 0 unspecified atom stereocenters. The zero-order valence-corrected chi connectivity index (χ0v) is 42.2. The molecule has 4 rings (SSSR count). The molecule has 1 aliphatic heterocycles. The molecule has 75 heavy (non-hydrogen) atoms. The van der Waals surface area contributed by atoms with Crippen molar-refractivity contribution >= 4 is 75.7 Å². The van der Waals surface area contributed by atoms with Crippen LogP contribution in [0.1, 0.15) is 88.7 Å². The van der Waals surface area contributed by atoms with E-state index >= 15 is 4.39 Å². The summed E-state index contributed by atoms with van der Waals surface area (Å²) in [4.78, 5) is 135. The van der Waals surface area contributed by atoms with Crippen LogP contribution in [0.25, 0.3) is 10.9 Å². The molecule has 1 fully saturated rings. The fraction of sp³-hybridized carbons (Fsp3) is 0.500. The quantitative estimate of drug-likeness (QED) is 0.0385. The van der Waals surface area contributed by atoms with Gasteiger partial charge in [-0.3, -0.25) is 53.1 Å². The van der Waals surface area contributed by atoms with E-state index in [-0.39, 0.29) is 108 Å². The van der Waals surface area contributed by atoms with Crippen LogP contribution in [-0.2, 0) is 56.0 Å². The molecule has 19 N–H and O–H groups in total. The highest BCUT2D eigenvalue weighted by atomic mass is 19.1. The van der Waals surface area contributed by atoms with E-state index in [2.05, 4.69) is 46.9 Å². The normalized spacial score (nSPS) is 21.3. The first-order valence-electron chi connectivity index (χ1n) is 24.9. The average molecular weight is 1050 g/mol. The lowest BCUT2D eigenvalue weighted by Crippen LogP contribution is -2.58. The van der Waals surface area contributed by atoms with Crippen LogP contribution in [0.15, 0.2) is 64.7 Å². The number of nitrogens with two attached hydrogens (primary N) is 6. The monoisotopic (exact) mass is 1050 g/mol. The van der Waals surface area contributed by atoms with Crippen LogP contribution >= 0.6 is 0 Å². The first kappa shape index (κ1) is 59.6. The molecular formula is C50H72FN15O9. The van der Waals surface area contributed by atoms with Gasteiger partial charge in [-0.05, 0) is 87.6 Å². The summed E-state index contributed by atoms with van der Waals surface area (Å²) in [6.07, 6.45) is 0.165. The molecule has 2 heterocycles. The van der Waals surface area contributed by atoms with Crippen molar-refractivity contribution in [1.82, 2.24) is 36.9 Å². The number of benzene rings is 2. The molecule has 7 atom stereocenters. The van der Waals surface area contributed by atoms with Crippen LogP contribution in [0.4, 0.5) is 4.39 Å². The van der Waals surface area contributed by atoms with Gasteiger partial charge in [0, 0.05) is 81.2 Å². The Balaban J connectivity index is 1.77. The maximum atomic E-state index is 15.3. The number of para-hydroxylation sites is 1. The molecule has 0 radical (unpaired) electrons. The number of fused-ring (bicyclic) bond motifs is 1. The van der Waals surface area contributed by atoms with Crippen molar-refractivity contribution in [2.75, 3.05) is 26.2 Å². The van der Waals surface area contributed by atoms with Crippen molar-refractivity contribution in [3.05, 3.63) is 71.7 Å². The first-order valence-corrected chi connectivity index (χ1v) is 24.9. The number of aliphatic imine (C=N–C) groups is 2. The Morgan fingerprint density at radius 3 is 2.09 bits per heavy atom. The molecule has 1 saturated heterocycles.